The molecular formula is C12H11N2. The van der Waals surface area contributed by atoms with Gasteiger partial charge in [0.1, 0.15) is 0 Å². The van der Waals surface area contributed by atoms with Crippen molar-refractivity contribution in [3.05, 3.63) is 66.6 Å². The van der Waals surface area contributed by atoms with Crippen LogP contribution in [0.3, 0.4) is 0 Å². The molecule has 14 heavy (non-hydrogen) atoms. The van der Waals surface area contributed by atoms with Crippen LogP contribution in [0.5, 0.6) is 0 Å². The lowest BCUT2D eigenvalue weighted by Crippen LogP contribution is -1.89. The van der Waals surface area contributed by atoms with Crippen molar-refractivity contribution in [2.75, 3.05) is 0 Å². The van der Waals surface area contributed by atoms with Gasteiger partial charge in [0.25, 0.3) is 0 Å². The Kier molecular flexibility index (Phi) is 2.86. The van der Waals surface area contributed by atoms with Crippen molar-refractivity contribution < 1.29 is 0 Å². The monoisotopic (exact) mass is 183 g/mol. The van der Waals surface area contributed by atoms with E-state index in [1.54, 1.807) is 6.20 Å². The molecule has 0 N–H and O–H groups in total. The van der Waals surface area contributed by atoms with Crippen molar-refractivity contribution >= 4 is 0 Å². The Balaban J connectivity index is 1.96. The summed E-state index contributed by atoms with van der Waals surface area (Å²) < 4.78 is 0. The minimum atomic E-state index is 0.925. The molecule has 0 saturated carbocycles. The zero-order valence-electron chi connectivity index (χ0n) is 7.80. The number of aromatic nitrogens is 2. The van der Waals surface area contributed by atoms with E-state index in [2.05, 4.69) is 16.4 Å². The minimum Gasteiger partial charge on any atom is -0.265 e. The highest BCUT2D eigenvalue weighted by Gasteiger charge is 1.94. The first-order chi connectivity index (χ1) is 6.95. The van der Waals surface area contributed by atoms with Crippen LogP contribution in [0.1, 0.15) is 11.1 Å². The predicted molar refractivity (Wildman–Crippen MR) is 55.6 cm³/mol. The normalized spacial score (nSPS) is 10.0. The molecule has 0 bridgehead atoms. The van der Waals surface area contributed by atoms with E-state index < -0.39 is 0 Å². The number of hydrogen-bond acceptors (Lipinski definition) is 2. The summed E-state index contributed by atoms with van der Waals surface area (Å²) in [6, 6.07) is 8.03. The lowest BCUT2D eigenvalue weighted by atomic mass is 10.1. The van der Waals surface area contributed by atoms with Gasteiger partial charge in [-0.15, -0.1) is 0 Å². The maximum Gasteiger partial charge on any atom is 0.0303 e. The molecule has 0 saturated heterocycles. The van der Waals surface area contributed by atoms with Gasteiger partial charge >= 0.3 is 0 Å². The smallest absolute Gasteiger partial charge is 0.0303 e. The van der Waals surface area contributed by atoms with Crippen molar-refractivity contribution in [1.29, 1.82) is 0 Å². The first-order valence-corrected chi connectivity index (χ1v) is 4.57. The zero-order valence-corrected chi connectivity index (χ0v) is 7.80. The molecule has 0 unspecified atom stereocenters. The molecule has 0 spiro atoms. The van der Waals surface area contributed by atoms with Crippen LogP contribution in [0.4, 0.5) is 0 Å². The lowest BCUT2D eigenvalue weighted by Gasteiger charge is -1.99. The first kappa shape index (κ1) is 8.88. The second-order valence-corrected chi connectivity index (χ2v) is 3.05. The molecule has 0 aliphatic heterocycles. The minimum absolute atomic E-state index is 0.925. The fourth-order valence-corrected chi connectivity index (χ4v) is 1.25. The molecule has 0 amide bonds. The van der Waals surface area contributed by atoms with Crippen LogP contribution < -0.4 is 0 Å². The number of nitrogens with zero attached hydrogens (tertiary/aromatic N) is 2. The number of rotatable bonds is 3. The first-order valence-electron chi connectivity index (χ1n) is 4.57. The van der Waals surface area contributed by atoms with E-state index in [0.29, 0.717) is 0 Å². The number of pyridine rings is 2. The van der Waals surface area contributed by atoms with Gasteiger partial charge in [-0.1, -0.05) is 6.07 Å². The summed E-state index contributed by atoms with van der Waals surface area (Å²) in [7, 11) is 0. The average Bonchev–Trinajstić information content (AvgIpc) is 2.29. The SMILES string of the molecule is [CH](Cc1ccncc1)c1cccnc1. The standard InChI is InChI=1S/C12H11N2/c1-2-12(10-14-7-1)4-3-11-5-8-13-9-6-11/h1-2,4-10H,3H2. The third-order valence-electron chi connectivity index (χ3n) is 2.01. The molecule has 69 valence electrons. The van der Waals surface area contributed by atoms with Gasteiger partial charge in [0.2, 0.25) is 0 Å². The third kappa shape index (κ3) is 2.39. The average molecular weight is 183 g/mol. The lowest BCUT2D eigenvalue weighted by molar-refractivity contribution is 1.13. The fraction of sp³-hybridized carbons (Fsp3) is 0.0833. The highest BCUT2D eigenvalue weighted by molar-refractivity contribution is 5.23. The van der Waals surface area contributed by atoms with Gasteiger partial charge in [-0.2, -0.15) is 0 Å². The second-order valence-electron chi connectivity index (χ2n) is 3.05. The maximum absolute atomic E-state index is 4.05. The summed E-state index contributed by atoms with van der Waals surface area (Å²) in [5, 5.41) is 0. The highest BCUT2D eigenvalue weighted by atomic mass is 14.6. The fourth-order valence-electron chi connectivity index (χ4n) is 1.25. The molecule has 1 radical (unpaired) electrons. The van der Waals surface area contributed by atoms with E-state index in [4.69, 9.17) is 0 Å². The van der Waals surface area contributed by atoms with Crippen molar-refractivity contribution in [3.63, 3.8) is 0 Å². The molecule has 0 aliphatic carbocycles. The summed E-state index contributed by atoms with van der Waals surface area (Å²) in [6.07, 6.45) is 10.3. The van der Waals surface area contributed by atoms with Gasteiger partial charge in [0.15, 0.2) is 0 Å². The van der Waals surface area contributed by atoms with E-state index in [9.17, 15) is 0 Å². The Bertz CT molecular complexity index is 331. The Morgan fingerprint density at radius 2 is 1.86 bits per heavy atom. The molecule has 0 atom stereocenters. The molecule has 0 fully saturated rings. The van der Waals surface area contributed by atoms with Crippen LogP contribution in [0.15, 0.2) is 49.1 Å². The molecule has 0 aromatic carbocycles. The molecule has 2 aromatic heterocycles. The van der Waals surface area contributed by atoms with E-state index in [0.717, 1.165) is 12.0 Å². The predicted octanol–water partition coefficient (Wildman–Crippen LogP) is 2.27. The molecule has 2 aromatic rings. The van der Waals surface area contributed by atoms with Crippen molar-refractivity contribution in [2.45, 2.75) is 6.42 Å². The largest absolute Gasteiger partial charge is 0.265 e. The Labute approximate surface area is 83.7 Å². The van der Waals surface area contributed by atoms with E-state index in [1.807, 2.05) is 42.9 Å². The van der Waals surface area contributed by atoms with Gasteiger partial charge in [0.05, 0.1) is 0 Å². The quantitative estimate of drug-likeness (QED) is 0.729. The van der Waals surface area contributed by atoms with Gasteiger partial charge in [0, 0.05) is 24.8 Å². The van der Waals surface area contributed by atoms with Gasteiger partial charge < -0.3 is 0 Å². The molecule has 2 nitrogen and oxygen atoms in total. The molecule has 0 aliphatic rings. The Morgan fingerprint density at radius 1 is 1.00 bits per heavy atom. The number of hydrogen-bond donors (Lipinski definition) is 0. The van der Waals surface area contributed by atoms with Crippen LogP contribution in [0.25, 0.3) is 0 Å². The topological polar surface area (TPSA) is 25.8 Å². The summed E-state index contributed by atoms with van der Waals surface area (Å²) in [6.45, 7) is 0. The highest BCUT2D eigenvalue weighted by Crippen LogP contribution is 2.06. The van der Waals surface area contributed by atoms with Crippen molar-refractivity contribution in [1.82, 2.24) is 9.97 Å². The van der Waals surface area contributed by atoms with Crippen LogP contribution in [-0.4, -0.2) is 9.97 Å². The molecule has 2 rings (SSSR count). The zero-order chi connectivity index (χ0) is 9.64. The van der Waals surface area contributed by atoms with E-state index >= 15 is 0 Å². The third-order valence-corrected chi connectivity index (χ3v) is 2.01. The summed E-state index contributed by atoms with van der Waals surface area (Å²) in [5.41, 5.74) is 2.42. The van der Waals surface area contributed by atoms with E-state index in [1.165, 1.54) is 5.56 Å². The van der Waals surface area contributed by atoms with Crippen LogP contribution in [-0.2, 0) is 6.42 Å². The van der Waals surface area contributed by atoms with Crippen LogP contribution in [0, 0.1) is 6.42 Å². The molecule has 2 heterocycles. The maximum atomic E-state index is 4.05. The van der Waals surface area contributed by atoms with Gasteiger partial charge in [-0.05, 0) is 42.2 Å². The van der Waals surface area contributed by atoms with Crippen LogP contribution in [0.2, 0.25) is 0 Å². The van der Waals surface area contributed by atoms with E-state index in [-0.39, 0.29) is 0 Å². The Morgan fingerprint density at radius 3 is 2.57 bits per heavy atom. The summed E-state index contributed by atoms with van der Waals surface area (Å²) in [5.74, 6) is 0. The summed E-state index contributed by atoms with van der Waals surface area (Å²) >= 11 is 0. The van der Waals surface area contributed by atoms with Crippen molar-refractivity contribution in [2.24, 2.45) is 0 Å². The molecule has 2 heteroatoms. The molecular weight excluding hydrogens is 172 g/mol. The van der Waals surface area contributed by atoms with Gasteiger partial charge in [-0.3, -0.25) is 9.97 Å². The summed E-state index contributed by atoms with van der Waals surface area (Å²) in [4.78, 5) is 8.03. The van der Waals surface area contributed by atoms with Crippen molar-refractivity contribution in [3.8, 4) is 0 Å². The van der Waals surface area contributed by atoms with Crippen LogP contribution >= 0.6 is 0 Å². The second kappa shape index (κ2) is 4.51. The van der Waals surface area contributed by atoms with Gasteiger partial charge in [-0.25, -0.2) is 0 Å². The Hall–Kier alpha value is -1.70.